The number of halogens is 1. The van der Waals surface area contributed by atoms with Gasteiger partial charge in [-0.05, 0) is 31.6 Å². The number of aromatic nitrogens is 2. The van der Waals surface area contributed by atoms with E-state index < -0.39 is 0 Å². The summed E-state index contributed by atoms with van der Waals surface area (Å²) >= 11 is 6.03. The van der Waals surface area contributed by atoms with Gasteiger partial charge in [0, 0.05) is 19.2 Å². The Bertz CT molecular complexity index is 442. The average molecular weight is 312 g/mol. The molecule has 1 aliphatic carbocycles. The molecular formula is C16H26ClN3O. The highest BCUT2D eigenvalue weighted by atomic mass is 35.5. The van der Waals surface area contributed by atoms with E-state index in [0.29, 0.717) is 24.2 Å². The summed E-state index contributed by atoms with van der Waals surface area (Å²) in [6, 6.07) is 1.78. The van der Waals surface area contributed by atoms with E-state index >= 15 is 0 Å². The van der Waals surface area contributed by atoms with Crippen molar-refractivity contribution in [2.75, 3.05) is 18.5 Å². The van der Waals surface area contributed by atoms with Gasteiger partial charge in [0.05, 0.1) is 0 Å². The Morgan fingerprint density at radius 1 is 1.38 bits per heavy atom. The number of rotatable bonds is 7. The minimum absolute atomic E-state index is 0.409. The van der Waals surface area contributed by atoms with Gasteiger partial charge < -0.3 is 10.1 Å². The molecule has 0 spiro atoms. The molecule has 118 valence electrons. The highest BCUT2D eigenvalue weighted by molar-refractivity contribution is 6.29. The molecule has 2 atom stereocenters. The molecule has 0 amide bonds. The second kappa shape index (κ2) is 8.54. The molecule has 1 aromatic rings. The van der Waals surface area contributed by atoms with Crippen molar-refractivity contribution in [2.45, 2.75) is 52.6 Å². The molecule has 21 heavy (non-hydrogen) atoms. The van der Waals surface area contributed by atoms with Gasteiger partial charge in [0.2, 0.25) is 0 Å². The highest BCUT2D eigenvalue weighted by Crippen LogP contribution is 2.30. The molecule has 2 unspecified atom stereocenters. The average Bonchev–Trinajstić information content (AvgIpc) is 2.45. The molecule has 1 heterocycles. The molecule has 5 heteroatoms. The predicted molar refractivity (Wildman–Crippen MR) is 86.6 cm³/mol. The van der Waals surface area contributed by atoms with Crippen LogP contribution in [-0.2, 0) is 11.3 Å². The third-order valence-corrected chi connectivity index (χ3v) is 4.27. The van der Waals surface area contributed by atoms with Crippen LogP contribution in [-0.4, -0.2) is 23.1 Å². The van der Waals surface area contributed by atoms with Crippen LogP contribution in [0.2, 0.25) is 5.15 Å². The summed E-state index contributed by atoms with van der Waals surface area (Å²) in [5, 5.41) is 3.84. The predicted octanol–water partition coefficient (Wildman–Crippen LogP) is 4.29. The SMILES string of the molecule is CCOCc1nc(Cl)cc(NCCC2CCCC(C)C2)n1. The summed E-state index contributed by atoms with van der Waals surface area (Å²) in [6.07, 6.45) is 6.70. The molecule has 0 aromatic carbocycles. The molecule has 1 aliphatic rings. The van der Waals surface area contributed by atoms with Gasteiger partial charge >= 0.3 is 0 Å². The van der Waals surface area contributed by atoms with Crippen LogP contribution < -0.4 is 5.32 Å². The van der Waals surface area contributed by atoms with Crippen molar-refractivity contribution < 1.29 is 4.74 Å². The van der Waals surface area contributed by atoms with Crippen LogP contribution in [0, 0.1) is 11.8 Å². The van der Waals surface area contributed by atoms with Crippen LogP contribution >= 0.6 is 11.6 Å². The molecule has 0 aliphatic heterocycles. The first-order valence-corrected chi connectivity index (χ1v) is 8.40. The van der Waals surface area contributed by atoms with Crippen molar-refractivity contribution in [1.29, 1.82) is 0 Å². The summed E-state index contributed by atoms with van der Waals surface area (Å²) in [4.78, 5) is 8.61. The van der Waals surface area contributed by atoms with Crippen LogP contribution in [0.1, 0.15) is 51.8 Å². The van der Waals surface area contributed by atoms with Crippen LogP contribution in [0.15, 0.2) is 6.07 Å². The lowest BCUT2D eigenvalue weighted by Crippen LogP contribution is -2.17. The Kier molecular flexibility index (Phi) is 6.71. The monoisotopic (exact) mass is 311 g/mol. The number of anilines is 1. The quantitative estimate of drug-likeness (QED) is 0.763. The first-order valence-electron chi connectivity index (χ1n) is 8.02. The molecule has 4 nitrogen and oxygen atoms in total. The lowest BCUT2D eigenvalue weighted by molar-refractivity contribution is 0.128. The molecule has 2 rings (SSSR count). The van der Waals surface area contributed by atoms with E-state index in [4.69, 9.17) is 16.3 Å². The number of nitrogens with one attached hydrogen (secondary N) is 1. The minimum atomic E-state index is 0.409. The second-order valence-corrected chi connectivity index (χ2v) is 6.37. The van der Waals surface area contributed by atoms with E-state index in [-0.39, 0.29) is 0 Å². The zero-order chi connectivity index (χ0) is 15.1. The molecule has 1 fully saturated rings. The molecule has 1 aromatic heterocycles. The van der Waals surface area contributed by atoms with Gasteiger partial charge in [-0.2, -0.15) is 0 Å². The number of hydrogen-bond donors (Lipinski definition) is 1. The lowest BCUT2D eigenvalue weighted by atomic mass is 9.81. The van der Waals surface area contributed by atoms with E-state index in [9.17, 15) is 0 Å². The fourth-order valence-corrected chi connectivity index (χ4v) is 3.24. The van der Waals surface area contributed by atoms with Gasteiger partial charge in [0.15, 0.2) is 5.82 Å². The van der Waals surface area contributed by atoms with Gasteiger partial charge in [-0.25, -0.2) is 9.97 Å². The Balaban J connectivity index is 1.80. The summed E-state index contributed by atoms with van der Waals surface area (Å²) < 4.78 is 5.33. The maximum Gasteiger partial charge on any atom is 0.158 e. The standard InChI is InChI=1S/C16H26ClN3O/c1-3-21-11-16-19-14(17)10-15(20-16)18-8-7-13-6-4-5-12(2)9-13/h10,12-13H,3-9,11H2,1-2H3,(H,18,19,20). The molecular weight excluding hydrogens is 286 g/mol. The van der Waals surface area contributed by atoms with Crippen molar-refractivity contribution >= 4 is 17.4 Å². The van der Waals surface area contributed by atoms with Gasteiger partial charge in [-0.15, -0.1) is 0 Å². The summed E-state index contributed by atoms with van der Waals surface area (Å²) in [5.74, 6) is 3.17. The van der Waals surface area contributed by atoms with Crippen LogP contribution in [0.3, 0.4) is 0 Å². The number of ether oxygens (including phenoxy) is 1. The van der Waals surface area contributed by atoms with Crippen molar-refractivity contribution in [3.8, 4) is 0 Å². The summed E-state index contributed by atoms with van der Waals surface area (Å²) in [7, 11) is 0. The third-order valence-electron chi connectivity index (χ3n) is 4.08. The molecule has 1 saturated carbocycles. The van der Waals surface area contributed by atoms with Crippen LogP contribution in [0.25, 0.3) is 0 Å². The Morgan fingerprint density at radius 2 is 2.24 bits per heavy atom. The molecule has 1 N–H and O–H groups in total. The van der Waals surface area contributed by atoms with Crippen LogP contribution in [0.5, 0.6) is 0 Å². The highest BCUT2D eigenvalue weighted by Gasteiger charge is 2.18. The van der Waals surface area contributed by atoms with Crippen molar-refractivity contribution in [3.63, 3.8) is 0 Å². The van der Waals surface area contributed by atoms with Gasteiger partial charge in [-0.1, -0.05) is 37.8 Å². The Labute approximate surface area is 132 Å². The third kappa shape index (κ3) is 5.79. The van der Waals surface area contributed by atoms with E-state index in [1.54, 1.807) is 6.07 Å². The second-order valence-electron chi connectivity index (χ2n) is 5.98. The van der Waals surface area contributed by atoms with Crippen molar-refractivity contribution in [1.82, 2.24) is 9.97 Å². The zero-order valence-electron chi connectivity index (χ0n) is 13.1. The van der Waals surface area contributed by atoms with E-state index in [1.807, 2.05) is 6.92 Å². The minimum Gasteiger partial charge on any atom is -0.374 e. The molecule has 0 radical (unpaired) electrons. The summed E-state index contributed by atoms with van der Waals surface area (Å²) in [6.45, 7) is 6.32. The van der Waals surface area contributed by atoms with E-state index in [2.05, 4.69) is 22.2 Å². The van der Waals surface area contributed by atoms with Crippen molar-refractivity contribution in [3.05, 3.63) is 17.0 Å². The normalized spacial score (nSPS) is 22.2. The van der Waals surface area contributed by atoms with Crippen LogP contribution in [0.4, 0.5) is 5.82 Å². The Hall–Kier alpha value is -0.870. The maximum atomic E-state index is 6.03. The zero-order valence-corrected chi connectivity index (χ0v) is 13.8. The first kappa shape index (κ1) is 16.5. The Morgan fingerprint density at radius 3 is 3.00 bits per heavy atom. The van der Waals surface area contributed by atoms with Gasteiger partial charge in [0.1, 0.15) is 17.6 Å². The van der Waals surface area contributed by atoms with Crippen molar-refractivity contribution in [2.24, 2.45) is 11.8 Å². The van der Waals surface area contributed by atoms with Gasteiger partial charge in [0.25, 0.3) is 0 Å². The summed E-state index contributed by atoms with van der Waals surface area (Å²) in [5.41, 5.74) is 0. The van der Waals surface area contributed by atoms with E-state index in [0.717, 1.165) is 24.2 Å². The largest absolute Gasteiger partial charge is 0.374 e. The molecule has 0 saturated heterocycles. The maximum absolute atomic E-state index is 6.03. The van der Waals surface area contributed by atoms with E-state index in [1.165, 1.54) is 32.1 Å². The smallest absolute Gasteiger partial charge is 0.158 e. The number of hydrogen-bond acceptors (Lipinski definition) is 4. The topological polar surface area (TPSA) is 47.0 Å². The fourth-order valence-electron chi connectivity index (χ4n) is 3.04. The van der Waals surface area contributed by atoms with Gasteiger partial charge in [-0.3, -0.25) is 0 Å². The lowest BCUT2D eigenvalue weighted by Gasteiger charge is -2.26. The first-order chi connectivity index (χ1) is 10.2. The fraction of sp³-hybridized carbons (Fsp3) is 0.750. The molecule has 0 bridgehead atoms. The number of nitrogens with zero attached hydrogens (tertiary/aromatic N) is 2.